The maximum absolute atomic E-state index is 11.8. The summed E-state index contributed by atoms with van der Waals surface area (Å²) in [6.07, 6.45) is 0. The normalized spacial score (nSPS) is 13.7. The Hall–Kier alpha value is -0.130. The van der Waals surface area contributed by atoms with Gasteiger partial charge in [-0.2, -0.15) is 0 Å². The Labute approximate surface area is 81.2 Å². The smallest absolute Gasteiger partial charge is 0.219 e. The largest absolute Gasteiger partial charge is 0.329 e. The van der Waals surface area contributed by atoms with E-state index in [0.717, 1.165) is 0 Å². The maximum atomic E-state index is 11.8. The molecule has 4 nitrogen and oxygen atoms in total. The SMILES string of the molecule is CCN(CCN)S(=O)(=O)C(C)(C)C. The fourth-order valence-corrected chi connectivity index (χ4v) is 2.44. The molecule has 0 atom stereocenters. The summed E-state index contributed by atoms with van der Waals surface area (Å²) in [5, 5.41) is 0. The van der Waals surface area contributed by atoms with Gasteiger partial charge < -0.3 is 5.73 Å². The standard InChI is InChI=1S/C8H20N2O2S/c1-5-10(7-6-9)13(11,12)8(2,3)4/h5-7,9H2,1-4H3. The summed E-state index contributed by atoms with van der Waals surface area (Å²) >= 11 is 0. The monoisotopic (exact) mass is 208 g/mol. The molecule has 0 saturated carbocycles. The predicted octanol–water partition coefficient (Wildman–Crippen LogP) is 0.395. The molecule has 0 amide bonds. The van der Waals surface area contributed by atoms with Crippen LogP contribution in [0.3, 0.4) is 0 Å². The van der Waals surface area contributed by atoms with E-state index in [1.807, 2.05) is 6.92 Å². The first-order valence-electron chi connectivity index (χ1n) is 4.47. The first-order chi connectivity index (χ1) is 5.77. The highest BCUT2D eigenvalue weighted by molar-refractivity contribution is 7.90. The molecule has 0 spiro atoms. The number of rotatable bonds is 4. The number of likely N-dealkylation sites (N-methyl/N-ethyl adjacent to an activating group) is 1. The van der Waals surface area contributed by atoms with Crippen LogP contribution in [0.15, 0.2) is 0 Å². The summed E-state index contributed by atoms with van der Waals surface area (Å²) in [4.78, 5) is 0. The maximum Gasteiger partial charge on any atom is 0.219 e. The molecule has 0 fully saturated rings. The van der Waals surface area contributed by atoms with Gasteiger partial charge in [-0.15, -0.1) is 0 Å². The first-order valence-corrected chi connectivity index (χ1v) is 5.91. The predicted molar refractivity (Wildman–Crippen MR) is 55.0 cm³/mol. The average molecular weight is 208 g/mol. The van der Waals surface area contributed by atoms with Crippen molar-refractivity contribution < 1.29 is 8.42 Å². The minimum Gasteiger partial charge on any atom is -0.329 e. The van der Waals surface area contributed by atoms with Gasteiger partial charge >= 0.3 is 0 Å². The molecule has 0 aliphatic rings. The molecule has 80 valence electrons. The Morgan fingerprint density at radius 2 is 1.77 bits per heavy atom. The molecule has 0 unspecified atom stereocenters. The van der Waals surface area contributed by atoms with Crippen LogP contribution >= 0.6 is 0 Å². The van der Waals surface area contributed by atoms with Gasteiger partial charge in [0.1, 0.15) is 0 Å². The summed E-state index contributed by atoms with van der Waals surface area (Å²) in [7, 11) is -3.20. The fraction of sp³-hybridized carbons (Fsp3) is 1.00. The van der Waals surface area contributed by atoms with Crippen LogP contribution in [0.1, 0.15) is 27.7 Å². The summed E-state index contributed by atoms with van der Waals surface area (Å²) in [6, 6.07) is 0. The summed E-state index contributed by atoms with van der Waals surface area (Å²) in [5.74, 6) is 0. The van der Waals surface area contributed by atoms with Gasteiger partial charge in [-0.1, -0.05) is 6.92 Å². The lowest BCUT2D eigenvalue weighted by molar-refractivity contribution is 0.415. The minimum atomic E-state index is -3.20. The third-order valence-corrected chi connectivity index (χ3v) is 4.51. The molecule has 0 aromatic rings. The van der Waals surface area contributed by atoms with Crippen LogP contribution in [0, 0.1) is 0 Å². The van der Waals surface area contributed by atoms with E-state index in [-0.39, 0.29) is 0 Å². The lowest BCUT2D eigenvalue weighted by Crippen LogP contribution is -2.44. The third-order valence-electron chi connectivity index (χ3n) is 1.84. The van der Waals surface area contributed by atoms with Crippen molar-refractivity contribution in [3.8, 4) is 0 Å². The van der Waals surface area contributed by atoms with Gasteiger partial charge in [0.2, 0.25) is 10.0 Å². The zero-order chi connectivity index (χ0) is 10.7. The van der Waals surface area contributed by atoms with Crippen molar-refractivity contribution in [1.82, 2.24) is 4.31 Å². The van der Waals surface area contributed by atoms with E-state index in [2.05, 4.69) is 0 Å². The van der Waals surface area contributed by atoms with Gasteiger partial charge in [-0.05, 0) is 20.8 Å². The van der Waals surface area contributed by atoms with Crippen molar-refractivity contribution in [2.75, 3.05) is 19.6 Å². The quantitative estimate of drug-likeness (QED) is 0.727. The third kappa shape index (κ3) is 2.93. The molecular formula is C8H20N2O2S. The van der Waals surface area contributed by atoms with Crippen molar-refractivity contribution in [2.45, 2.75) is 32.4 Å². The summed E-state index contributed by atoms with van der Waals surface area (Å²) in [5.41, 5.74) is 5.34. The van der Waals surface area contributed by atoms with Gasteiger partial charge in [0.25, 0.3) is 0 Å². The van der Waals surface area contributed by atoms with E-state index in [9.17, 15) is 8.42 Å². The number of nitrogens with two attached hydrogens (primary N) is 1. The van der Waals surface area contributed by atoms with Crippen LogP contribution in [-0.4, -0.2) is 37.1 Å². The highest BCUT2D eigenvalue weighted by Crippen LogP contribution is 2.19. The Kier molecular flexibility index (Phi) is 4.35. The zero-order valence-electron chi connectivity index (χ0n) is 8.87. The second-order valence-electron chi connectivity index (χ2n) is 3.90. The van der Waals surface area contributed by atoms with Crippen LogP contribution in [0.5, 0.6) is 0 Å². The molecule has 0 saturated heterocycles. The van der Waals surface area contributed by atoms with E-state index < -0.39 is 14.8 Å². The summed E-state index contributed by atoms with van der Waals surface area (Å²) < 4.78 is 24.4. The molecular weight excluding hydrogens is 188 g/mol. The second-order valence-corrected chi connectivity index (χ2v) is 6.59. The van der Waals surface area contributed by atoms with Crippen molar-refractivity contribution in [3.63, 3.8) is 0 Å². The van der Waals surface area contributed by atoms with Gasteiger partial charge in [0.15, 0.2) is 0 Å². The molecule has 2 N–H and O–H groups in total. The molecule has 0 aromatic heterocycles. The lowest BCUT2D eigenvalue weighted by atomic mass is 10.3. The molecule has 0 bridgehead atoms. The Bertz CT molecular complexity index is 241. The van der Waals surface area contributed by atoms with E-state index in [1.165, 1.54) is 4.31 Å². The molecule has 5 heteroatoms. The molecule has 0 radical (unpaired) electrons. The van der Waals surface area contributed by atoms with Crippen LogP contribution in [0.25, 0.3) is 0 Å². The average Bonchev–Trinajstić information content (AvgIpc) is 1.97. The lowest BCUT2D eigenvalue weighted by Gasteiger charge is -2.28. The van der Waals surface area contributed by atoms with Crippen molar-refractivity contribution >= 4 is 10.0 Å². The van der Waals surface area contributed by atoms with Crippen molar-refractivity contribution in [3.05, 3.63) is 0 Å². The van der Waals surface area contributed by atoms with E-state index in [4.69, 9.17) is 5.73 Å². The van der Waals surface area contributed by atoms with E-state index >= 15 is 0 Å². The van der Waals surface area contributed by atoms with Crippen LogP contribution in [0.4, 0.5) is 0 Å². The first kappa shape index (κ1) is 12.9. The minimum absolute atomic E-state index is 0.364. The van der Waals surface area contributed by atoms with Crippen molar-refractivity contribution in [1.29, 1.82) is 0 Å². The number of nitrogens with zero attached hydrogens (tertiary/aromatic N) is 1. The number of sulfonamides is 1. The Morgan fingerprint density at radius 3 is 2.00 bits per heavy atom. The van der Waals surface area contributed by atoms with E-state index in [1.54, 1.807) is 20.8 Å². The number of hydrogen-bond acceptors (Lipinski definition) is 3. The van der Waals surface area contributed by atoms with Gasteiger partial charge in [0, 0.05) is 19.6 Å². The molecule has 13 heavy (non-hydrogen) atoms. The zero-order valence-corrected chi connectivity index (χ0v) is 9.69. The molecule has 0 heterocycles. The van der Waals surface area contributed by atoms with Crippen LogP contribution < -0.4 is 5.73 Å². The second kappa shape index (κ2) is 4.39. The van der Waals surface area contributed by atoms with Gasteiger partial charge in [0.05, 0.1) is 4.75 Å². The fourth-order valence-electron chi connectivity index (χ4n) is 0.980. The van der Waals surface area contributed by atoms with E-state index in [0.29, 0.717) is 19.6 Å². The summed E-state index contributed by atoms with van der Waals surface area (Å²) in [6.45, 7) is 8.15. The number of hydrogen-bond donors (Lipinski definition) is 1. The van der Waals surface area contributed by atoms with Crippen LogP contribution in [0.2, 0.25) is 0 Å². The van der Waals surface area contributed by atoms with Crippen LogP contribution in [-0.2, 0) is 10.0 Å². The van der Waals surface area contributed by atoms with Gasteiger partial charge in [-0.25, -0.2) is 12.7 Å². The highest BCUT2D eigenvalue weighted by Gasteiger charge is 2.33. The molecule has 0 aromatic carbocycles. The molecule has 0 aliphatic carbocycles. The van der Waals surface area contributed by atoms with Crippen molar-refractivity contribution in [2.24, 2.45) is 5.73 Å². The molecule has 0 aliphatic heterocycles. The van der Waals surface area contributed by atoms with Gasteiger partial charge in [-0.3, -0.25) is 0 Å². The Morgan fingerprint density at radius 1 is 1.31 bits per heavy atom. The molecule has 0 rings (SSSR count). The highest BCUT2D eigenvalue weighted by atomic mass is 32.2. The Balaban J connectivity index is 4.80. The topological polar surface area (TPSA) is 63.4 Å².